The molecule has 0 radical (unpaired) electrons. The summed E-state index contributed by atoms with van der Waals surface area (Å²) in [6, 6.07) is 3.59. The molecule has 142 valence electrons. The van der Waals surface area contributed by atoms with E-state index in [2.05, 4.69) is 24.0 Å². The minimum absolute atomic E-state index is 0.0352. The summed E-state index contributed by atoms with van der Waals surface area (Å²) < 4.78 is 5.53. The minimum atomic E-state index is -0.527. The molecule has 25 heavy (non-hydrogen) atoms. The first-order valence-electron chi connectivity index (χ1n) is 8.88. The van der Waals surface area contributed by atoms with Gasteiger partial charge in [-0.2, -0.15) is 0 Å². The average Bonchev–Trinajstić information content (AvgIpc) is 2.51. The van der Waals surface area contributed by atoms with Gasteiger partial charge in [-0.15, -0.1) is 0 Å². The summed E-state index contributed by atoms with van der Waals surface area (Å²) >= 11 is 0. The van der Waals surface area contributed by atoms with Gasteiger partial charge in [-0.25, -0.2) is 4.79 Å². The van der Waals surface area contributed by atoms with Crippen LogP contribution in [-0.2, 0) is 17.9 Å². The highest BCUT2D eigenvalue weighted by molar-refractivity contribution is 5.68. The fraction of sp³-hybridized carbons (Fsp3) is 0.684. The quantitative estimate of drug-likeness (QED) is 0.693. The number of hydrogen-bond donors (Lipinski definition) is 1. The van der Waals surface area contributed by atoms with Crippen molar-refractivity contribution in [1.29, 1.82) is 0 Å². The maximum absolute atomic E-state index is 12.5. The Morgan fingerprint density at radius 3 is 2.48 bits per heavy atom. The van der Waals surface area contributed by atoms with Gasteiger partial charge in [-0.3, -0.25) is 4.98 Å². The molecule has 0 fully saturated rings. The fourth-order valence-corrected chi connectivity index (χ4v) is 2.38. The van der Waals surface area contributed by atoms with Crippen LogP contribution in [0.2, 0.25) is 0 Å². The molecule has 6 heteroatoms. The van der Waals surface area contributed by atoms with Crippen molar-refractivity contribution in [3.63, 3.8) is 0 Å². The van der Waals surface area contributed by atoms with E-state index in [9.17, 15) is 9.90 Å². The van der Waals surface area contributed by atoms with E-state index in [1.54, 1.807) is 17.2 Å². The Morgan fingerprint density at radius 2 is 1.88 bits per heavy atom. The standard InChI is InChI=1S/C19H33N3O3/c1-19(2,3)25-18(24)22(12-8-6-7-11-21(4)5)14-17-13-16(15-23)9-10-20-17/h9-10,13,23H,6-8,11-12,14-15H2,1-5H3. The van der Waals surface area contributed by atoms with Gasteiger partial charge in [0, 0.05) is 12.7 Å². The Morgan fingerprint density at radius 1 is 1.20 bits per heavy atom. The zero-order chi connectivity index (χ0) is 18.9. The average molecular weight is 351 g/mol. The van der Waals surface area contributed by atoms with Gasteiger partial charge in [0.2, 0.25) is 0 Å². The molecule has 0 saturated carbocycles. The summed E-state index contributed by atoms with van der Waals surface area (Å²) in [6.07, 6.45) is 4.42. The molecular weight excluding hydrogens is 318 g/mol. The van der Waals surface area contributed by atoms with E-state index in [0.717, 1.165) is 37.1 Å². The van der Waals surface area contributed by atoms with Crippen LogP contribution in [0.1, 0.15) is 51.3 Å². The third-order valence-corrected chi connectivity index (χ3v) is 3.60. The van der Waals surface area contributed by atoms with Gasteiger partial charge >= 0.3 is 6.09 Å². The number of nitrogens with zero attached hydrogens (tertiary/aromatic N) is 3. The van der Waals surface area contributed by atoms with Crippen LogP contribution in [0.25, 0.3) is 0 Å². The summed E-state index contributed by atoms with van der Waals surface area (Å²) in [6.45, 7) is 7.63. The predicted octanol–water partition coefficient (Wildman–Crippen LogP) is 3.04. The lowest BCUT2D eigenvalue weighted by atomic mass is 10.2. The normalized spacial score (nSPS) is 11.6. The fourth-order valence-electron chi connectivity index (χ4n) is 2.38. The summed E-state index contributed by atoms with van der Waals surface area (Å²) in [5.74, 6) is 0. The van der Waals surface area contributed by atoms with Gasteiger partial charge in [-0.1, -0.05) is 6.42 Å². The number of hydrogen-bond acceptors (Lipinski definition) is 5. The molecule has 1 aromatic heterocycles. The molecule has 0 aliphatic carbocycles. The van der Waals surface area contributed by atoms with Gasteiger partial charge < -0.3 is 19.6 Å². The van der Waals surface area contributed by atoms with Crippen LogP contribution in [0, 0.1) is 0 Å². The van der Waals surface area contributed by atoms with E-state index >= 15 is 0 Å². The highest BCUT2D eigenvalue weighted by Crippen LogP contribution is 2.14. The Balaban J connectivity index is 2.68. The smallest absolute Gasteiger partial charge is 0.410 e. The number of aliphatic hydroxyl groups excluding tert-OH is 1. The largest absolute Gasteiger partial charge is 0.444 e. The number of ether oxygens (including phenoxy) is 1. The van der Waals surface area contributed by atoms with Crippen molar-refractivity contribution in [2.75, 3.05) is 27.2 Å². The number of aromatic nitrogens is 1. The molecule has 0 bridgehead atoms. The van der Waals surface area contributed by atoms with E-state index in [-0.39, 0.29) is 12.7 Å². The Bertz CT molecular complexity index is 527. The molecule has 1 amide bonds. The summed E-state index contributed by atoms with van der Waals surface area (Å²) in [4.78, 5) is 20.7. The maximum Gasteiger partial charge on any atom is 0.410 e. The van der Waals surface area contributed by atoms with Crippen molar-refractivity contribution in [2.24, 2.45) is 0 Å². The van der Waals surface area contributed by atoms with Crippen LogP contribution in [0.15, 0.2) is 18.3 Å². The van der Waals surface area contributed by atoms with E-state index in [1.807, 2.05) is 26.8 Å². The van der Waals surface area contributed by atoms with E-state index < -0.39 is 5.60 Å². The minimum Gasteiger partial charge on any atom is -0.444 e. The molecule has 0 aromatic carbocycles. The van der Waals surface area contributed by atoms with Gasteiger partial charge in [0.15, 0.2) is 0 Å². The monoisotopic (exact) mass is 351 g/mol. The highest BCUT2D eigenvalue weighted by Gasteiger charge is 2.22. The van der Waals surface area contributed by atoms with Crippen LogP contribution in [-0.4, -0.2) is 58.8 Å². The van der Waals surface area contributed by atoms with Crippen molar-refractivity contribution in [2.45, 2.75) is 58.8 Å². The Kier molecular flexibility index (Phi) is 8.86. The number of unbranched alkanes of at least 4 members (excludes halogenated alkanes) is 2. The topological polar surface area (TPSA) is 65.9 Å². The summed E-state index contributed by atoms with van der Waals surface area (Å²) in [5.41, 5.74) is 1.02. The number of aliphatic hydroxyl groups is 1. The molecule has 0 saturated heterocycles. The van der Waals surface area contributed by atoms with Crippen LogP contribution in [0.3, 0.4) is 0 Å². The molecule has 1 aromatic rings. The molecule has 0 unspecified atom stereocenters. The lowest BCUT2D eigenvalue weighted by Gasteiger charge is -2.27. The van der Waals surface area contributed by atoms with E-state index in [0.29, 0.717) is 13.1 Å². The molecular formula is C19H33N3O3. The van der Waals surface area contributed by atoms with Crippen LogP contribution in [0.5, 0.6) is 0 Å². The number of carbonyl (C=O) groups excluding carboxylic acids is 1. The molecule has 1 heterocycles. The van der Waals surface area contributed by atoms with Crippen molar-refractivity contribution >= 4 is 6.09 Å². The summed E-state index contributed by atoms with van der Waals surface area (Å²) in [7, 11) is 4.12. The lowest BCUT2D eigenvalue weighted by molar-refractivity contribution is 0.0227. The van der Waals surface area contributed by atoms with Gasteiger partial charge in [0.25, 0.3) is 0 Å². The molecule has 0 atom stereocenters. The van der Waals surface area contributed by atoms with Gasteiger partial charge in [0.05, 0.1) is 18.8 Å². The summed E-state index contributed by atoms with van der Waals surface area (Å²) in [5, 5.41) is 9.27. The van der Waals surface area contributed by atoms with Crippen LogP contribution >= 0.6 is 0 Å². The molecule has 0 aliphatic heterocycles. The van der Waals surface area contributed by atoms with Crippen LogP contribution < -0.4 is 0 Å². The predicted molar refractivity (Wildman–Crippen MR) is 99.2 cm³/mol. The van der Waals surface area contributed by atoms with Crippen molar-refractivity contribution in [3.8, 4) is 0 Å². The lowest BCUT2D eigenvalue weighted by Crippen LogP contribution is -2.37. The Labute approximate surface area is 151 Å². The van der Waals surface area contributed by atoms with Gasteiger partial charge in [0.1, 0.15) is 5.60 Å². The first-order valence-corrected chi connectivity index (χ1v) is 8.88. The Hall–Kier alpha value is -1.66. The zero-order valence-electron chi connectivity index (χ0n) is 16.3. The first kappa shape index (κ1) is 21.4. The van der Waals surface area contributed by atoms with E-state index in [4.69, 9.17) is 4.74 Å². The number of carbonyl (C=O) groups is 1. The second kappa shape index (κ2) is 10.4. The van der Waals surface area contributed by atoms with Crippen molar-refractivity contribution < 1.29 is 14.6 Å². The second-order valence-electron chi connectivity index (χ2n) is 7.58. The van der Waals surface area contributed by atoms with Crippen LogP contribution in [0.4, 0.5) is 4.79 Å². The molecule has 0 aliphatic rings. The number of pyridine rings is 1. The highest BCUT2D eigenvalue weighted by atomic mass is 16.6. The molecule has 6 nitrogen and oxygen atoms in total. The van der Waals surface area contributed by atoms with E-state index in [1.165, 1.54) is 0 Å². The number of amides is 1. The third kappa shape index (κ3) is 9.41. The SMILES string of the molecule is CN(C)CCCCCN(Cc1cc(CO)ccn1)C(=O)OC(C)(C)C. The molecule has 0 spiro atoms. The second-order valence-corrected chi connectivity index (χ2v) is 7.58. The molecule has 1 rings (SSSR count). The zero-order valence-corrected chi connectivity index (χ0v) is 16.3. The van der Waals surface area contributed by atoms with Crippen molar-refractivity contribution in [1.82, 2.24) is 14.8 Å². The van der Waals surface area contributed by atoms with Gasteiger partial charge in [-0.05, 0) is 71.9 Å². The molecule has 1 N–H and O–H groups in total. The van der Waals surface area contributed by atoms with Crippen molar-refractivity contribution in [3.05, 3.63) is 29.6 Å². The number of rotatable bonds is 9. The maximum atomic E-state index is 12.5. The first-order chi connectivity index (χ1) is 11.7. The third-order valence-electron chi connectivity index (χ3n) is 3.60.